The van der Waals surface area contributed by atoms with Crippen LogP contribution in [0.3, 0.4) is 0 Å². The van der Waals surface area contributed by atoms with Gasteiger partial charge in [0.15, 0.2) is 0 Å². The second-order valence-corrected chi connectivity index (χ2v) is 1.70. The van der Waals surface area contributed by atoms with E-state index in [1.54, 1.807) is 6.92 Å². The van der Waals surface area contributed by atoms with E-state index in [-0.39, 0.29) is 79.4 Å². The molecule has 0 atom stereocenters. The van der Waals surface area contributed by atoms with Gasteiger partial charge in [0, 0.05) is 5.97 Å². The third-order valence-electron chi connectivity index (χ3n) is 0.621. The van der Waals surface area contributed by atoms with E-state index in [4.69, 9.17) is 19.8 Å². The molecule has 15 heavy (non-hydrogen) atoms. The monoisotopic (exact) mass is 294 g/mol. The molecular formula is C6H7NaO6Ti2+6. The molecule has 0 aliphatic heterocycles. The van der Waals surface area contributed by atoms with E-state index < -0.39 is 17.9 Å². The molecule has 0 spiro atoms. The minimum absolute atomic E-state index is 0. The van der Waals surface area contributed by atoms with Gasteiger partial charge in [-0.15, -0.1) is 0 Å². The van der Waals surface area contributed by atoms with Gasteiger partial charge in [-0.05, 0) is 6.42 Å². The fraction of sp³-hybridized carbons (Fsp3) is 0.500. The molecule has 0 aliphatic carbocycles. The number of rotatable bonds is 2. The Morgan fingerprint density at radius 2 is 1.20 bits per heavy atom. The van der Waals surface area contributed by atoms with E-state index in [0.29, 0.717) is 6.42 Å². The summed E-state index contributed by atoms with van der Waals surface area (Å²) in [6.07, 6.45) is 0.850. The first-order valence-corrected chi connectivity index (χ1v) is 3.04. The third-order valence-corrected chi connectivity index (χ3v) is 0.621. The standard InChI is InChI=1S/C4H8O2.C2H2O4.Na.2Ti/c1-2-3-4(5)6;3-1(4)2(5)6;;;/h2-3H2,1H3,(H,5,6);(H,3,4)(H,5,6);;;/q;;+1;2*+4/p-3. The molecular weight excluding hydrogens is 287 g/mol. The Balaban J connectivity index is -0.0000000370. The van der Waals surface area contributed by atoms with Crippen LogP contribution in [0.5, 0.6) is 0 Å². The van der Waals surface area contributed by atoms with E-state index in [9.17, 15) is 9.90 Å². The van der Waals surface area contributed by atoms with Crippen LogP contribution in [0.4, 0.5) is 0 Å². The summed E-state index contributed by atoms with van der Waals surface area (Å²) in [5.74, 6) is -5.33. The summed E-state index contributed by atoms with van der Waals surface area (Å²) in [6, 6.07) is 0. The van der Waals surface area contributed by atoms with Crippen LogP contribution in [0.2, 0.25) is 0 Å². The van der Waals surface area contributed by atoms with Crippen molar-refractivity contribution in [3.8, 4) is 0 Å². The van der Waals surface area contributed by atoms with Gasteiger partial charge in [0.05, 0.1) is 11.9 Å². The largest absolute Gasteiger partial charge is 4.00 e. The molecule has 0 aromatic carbocycles. The van der Waals surface area contributed by atoms with Crippen LogP contribution in [0.25, 0.3) is 0 Å². The maximum absolute atomic E-state index is 9.49. The number of hydrogen-bond donors (Lipinski definition) is 0. The molecule has 0 unspecified atom stereocenters. The number of aliphatic carboxylic acids is 3. The second-order valence-electron chi connectivity index (χ2n) is 1.70. The topological polar surface area (TPSA) is 120 Å². The van der Waals surface area contributed by atoms with Crippen molar-refractivity contribution in [2.75, 3.05) is 0 Å². The van der Waals surface area contributed by atoms with E-state index in [1.165, 1.54) is 0 Å². The van der Waals surface area contributed by atoms with Gasteiger partial charge >= 0.3 is 73.0 Å². The predicted molar refractivity (Wildman–Crippen MR) is 29.9 cm³/mol. The van der Waals surface area contributed by atoms with Gasteiger partial charge in [0.1, 0.15) is 0 Å². The van der Waals surface area contributed by atoms with E-state index in [0.717, 1.165) is 0 Å². The quantitative estimate of drug-likeness (QED) is 0.368. The summed E-state index contributed by atoms with van der Waals surface area (Å²) in [5, 5.41) is 27.3. The van der Waals surface area contributed by atoms with Crippen molar-refractivity contribution >= 4 is 17.9 Å². The fourth-order valence-corrected chi connectivity index (χ4v) is 0.204. The van der Waals surface area contributed by atoms with E-state index in [1.807, 2.05) is 0 Å². The molecule has 0 aromatic heterocycles. The molecule has 6 nitrogen and oxygen atoms in total. The van der Waals surface area contributed by atoms with Crippen molar-refractivity contribution in [3.63, 3.8) is 0 Å². The van der Waals surface area contributed by atoms with Crippen LogP contribution < -0.4 is 44.9 Å². The van der Waals surface area contributed by atoms with Gasteiger partial charge in [0.2, 0.25) is 0 Å². The Morgan fingerprint density at radius 1 is 0.933 bits per heavy atom. The van der Waals surface area contributed by atoms with E-state index >= 15 is 0 Å². The van der Waals surface area contributed by atoms with Crippen LogP contribution in [0.1, 0.15) is 19.8 Å². The molecule has 0 amide bonds. The van der Waals surface area contributed by atoms with Crippen molar-refractivity contribution in [1.29, 1.82) is 0 Å². The Hall–Kier alpha value is 0.839. The molecule has 0 saturated heterocycles. The molecule has 0 heterocycles. The predicted octanol–water partition coefficient (Wildman–Crippen LogP) is -6.98. The van der Waals surface area contributed by atoms with Gasteiger partial charge in [-0.1, -0.05) is 13.3 Å². The second kappa shape index (κ2) is 20.3. The van der Waals surface area contributed by atoms with Crippen LogP contribution in [-0.2, 0) is 57.8 Å². The molecule has 0 aromatic rings. The third kappa shape index (κ3) is 39.8. The van der Waals surface area contributed by atoms with Crippen molar-refractivity contribution in [2.45, 2.75) is 19.8 Å². The van der Waals surface area contributed by atoms with Crippen LogP contribution in [0, 0.1) is 0 Å². The average molecular weight is 294 g/mol. The Labute approximate surface area is 139 Å². The van der Waals surface area contributed by atoms with Crippen molar-refractivity contribution in [1.82, 2.24) is 0 Å². The number of hydrogen-bond acceptors (Lipinski definition) is 6. The average Bonchev–Trinajstić information content (AvgIpc) is 1.87. The number of carboxylic acid groups (broad SMARTS) is 3. The zero-order valence-corrected chi connectivity index (χ0v) is 13.5. The Morgan fingerprint density at radius 3 is 1.20 bits per heavy atom. The number of carboxylic acids is 3. The number of carbonyl (C=O) groups is 3. The van der Waals surface area contributed by atoms with Crippen LogP contribution >= 0.6 is 0 Å². The SMILES string of the molecule is CCCC(=O)[O-].O=C([O-])C(=O)[O-].[Na+].[Ti+4].[Ti+4]. The molecule has 70 valence electrons. The smallest absolute Gasteiger partial charge is 0.550 e. The minimum Gasteiger partial charge on any atom is -0.550 e. The molecule has 9 heteroatoms. The summed E-state index contributed by atoms with van der Waals surface area (Å²) < 4.78 is 0. The fourth-order valence-electron chi connectivity index (χ4n) is 0.204. The Bertz CT molecular complexity index is 174. The van der Waals surface area contributed by atoms with Crippen molar-refractivity contribution in [2.24, 2.45) is 0 Å². The summed E-state index contributed by atoms with van der Waals surface area (Å²) in [7, 11) is 0. The molecule has 0 bridgehead atoms. The summed E-state index contributed by atoms with van der Waals surface area (Å²) in [6.45, 7) is 1.80. The van der Waals surface area contributed by atoms with Gasteiger partial charge in [-0.25, -0.2) is 0 Å². The maximum atomic E-state index is 9.49. The maximum Gasteiger partial charge on any atom is 4.00 e. The zero-order chi connectivity index (χ0) is 10.1. The van der Waals surface area contributed by atoms with Crippen molar-refractivity contribution < 1.29 is 103 Å². The zero-order valence-electron chi connectivity index (χ0n) is 8.36. The van der Waals surface area contributed by atoms with Crippen LogP contribution in [-0.4, -0.2) is 17.9 Å². The summed E-state index contributed by atoms with van der Waals surface area (Å²) in [5.41, 5.74) is 0. The first kappa shape index (κ1) is 29.7. The first-order chi connectivity index (χ1) is 5.41. The summed E-state index contributed by atoms with van der Waals surface area (Å²) >= 11 is 0. The molecule has 0 aliphatic rings. The van der Waals surface area contributed by atoms with Crippen LogP contribution in [0.15, 0.2) is 0 Å². The van der Waals surface area contributed by atoms with E-state index in [2.05, 4.69) is 0 Å². The molecule has 0 fully saturated rings. The van der Waals surface area contributed by atoms with Gasteiger partial charge in [-0.2, -0.15) is 0 Å². The first-order valence-electron chi connectivity index (χ1n) is 3.04. The summed E-state index contributed by atoms with van der Waals surface area (Å²) in [4.78, 5) is 27.3. The number of carbonyl (C=O) groups excluding carboxylic acids is 3. The minimum atomic E-state index is -2.19. The molecule has 0 N–H and O–H groups in total. The van der Waals surface area contributed by atoms with Crippen molar-refractivity contribution in [3.05, 3.63) is 0 Å². The molecule has 0 saturated carbocycles. The van der Waals surface area contributed by atoms with Gasteiger partial charge < -0.3 is 29.7 Å². The normalized spacial score (nSPS) is 6.20. The van der Waals surface area contributed by atoms with Gasteiger partial charge in [-0.3, -0.25) is 0 Å². The Kier molecular flexibility index (Phi) is 40.1. The van der Waals surface area contributed by atoms with Gasteiger partial charge in [0.25, 0.3) is 0 Å². The molecule has 0 rings (SSSR count). The molecule has 0 radical (unpaired) electrons.